The predicted molar refractivity (Wildman–Crippen MR) is 150 cm³/mol. The first kappa shape index (κ1) is 25.3. The highest BCUT2D eigenvalue weighted by molar-refractivity contribution is 7.21. The molecule has 0 aliphatic heterocycles. The number of rotatable bonds is 8. The van der Waals surface area contributed by atoms with Crippen molar-refractivity contribution >= 4 is 61.9 Å². The van der Waals surface area contributed by atoms with Gasteiger partial charge in [0.05, 0.1) is 18.3 Å². The number of hydrazone groups is 1. The number of halogens is 1. The van der Waals surface area contributed by atoms with Gasteiger partial charge in [-0.05, 0) is 70.9 Å². The highest BCUT2D eigenvalue weighted by Crippen LogP contribution is 2.37. The van der Waals surface area contributed by atoms with Crippen LogP contribution in [0.2, 0.25) is 5.02 Å². The van der Waals surface area contributed by atoms with Crippen molar-refractivity contribution in [1.29, 1.82) is 0 Å². The second-order valence-corrected chi connectivity index (χ2v) is 9.59. The van der Waals surface area contributed by atoms with Crippen molar-refractivity contribution < 1.29 is 23.8 Å². The topological polar surface area (TPSA) is 86.2 Å². The smallest absolute Gasteiger partial charge is 0.355 e. The van der Waals surface area contributed by atoms with E-state index in [4.69, 9.17) is 25.8 Å². The number of amides is 1. The van der Waals surface area contributed by atoms with Crippen LogP contribution in [0.5, 0.6) is 17.2 Å². The highest BCUT2D eigenvalue weighted by atomic mass is 35.5. The van der Waals surface area contributed by atoms with Crippen LogP contribution in [0.3, 0.4) is 0 Å². The lowest BCUT2D eigenvalue weighted by molar-refractivity contribution is -0.123. The summed E-state index contributed by atoms with van der Waals surface area (Å²) in [5, 5.41) is 7.20. The molecule has 0 saturated heterocycles. The number of hydrogen-bond donors (Lipinski definition) is 1. The second kappa shape index (κ2) is 11.3. The molecule has 0 aliphatic carbocycles. The molecular formula is C29H21ClN2O5S. The molecule has 1 amide bonds. The minimum absolute atomic E-state index is 0.169. The van der Waals surface area contributed by atoms with Gasteiger partial charge in [0, 0.05) is 10.1 Å². The second-order valence-electron chi connectivity index (χ2n) is 8.16. The van der Waals surface area contributed by atoms with Gasteiger partial charge in [0.1, 0.15) is 22.1 Å². The molecule has 0 radical (unpaired) electrons. The third kappa shape index (κ3) is 5.77. The number of thiophene rings is 1. The fourth-order valence-electron chi connectivity index (χ4n) is 3.70. The summed E-state index contributed by atoms with van der Waals surface area (Å²) in [6.45, 7) is -0.169. The van der Waals surface area contributed by atoms with Crippen molar-refractivity contribution in [1.82, 2.24) is 5.43 Å². The normalized spacial score (nSPS) is 11.1. The summed E-state index contributed by atoms with van der Waals surface area (Å²) in [7, 11) is 1.58. The summed E-state index contributed by atoms with van der Waals surface area (Å²) in [5.41, 5.74) is 3.13. The van der Waals surface area contributed by atoms with E-state index in [1.165, 1.54) is 17.6 Å². The molecule has 0 saturated carbocycles. The number of nitrogens with one attached hydrogen (secondary N) is 1. The molecule has 0 unspecified atom stereocenters. The average Bonchev–Trinajstić information content (AvgIpc) is 3.28. The van der Waals surface area contributed by atoms with E-state index >= 15 is 0 Å². The maximum atomic E-state index is 12.7. The average molecular weight is 545 g/mol. The van der Waals surface area contributed by atoms with E-state index in [1.807, 2.05) is 54.6 Å². The van der Waals surface area contributed by atoms with Gasteiger partial charge in [0.25, 0.3) is 5.91 Å². The van der Waals surface area contributed by atoms with Gasteiger partial charge in [-0.2, -0.15) is 5.10 Å². The Labute approximate surface area is 227 Å². The fraction of sp³-hybridized carbons (Fsp3) is 0.0690. The SMILES string of the molecule is COc1ccc2c(Cl)c(C(=O)Oc3ccc(/C=N/NC(=O)COc4ccc5ccccc5c4)cc3)sc2c1. The van der Waals surface area contributed by atoms with Crippen molar-refractivity contribution in [2.24, 2.45) is 5.10 Å². The molecule has 1 aromatic heterocycles. The zero-order chi connectivity index (χ0) is 26.5. The van der Waals surface area contributed by atoms with Crippen molar-refractivity contribution in [2.75, 3.05) is 13.7 Å². The summed E-state index contributed by atoms with van der Waals surface area (Å²) < 4.78 is 17.1. The molecule has 4 aromatic carbocycles. The lowest BCUT2D eigenvalue weighted by Crippen LogP contribution is -2.24. The molecule has 1 N–H and O–H groups in total. The monoisotopic (exact) mass is 544 g/mol. The van der Waals surface area contributed by atoms with Crippen LogP contribution in [-0.4, -0.2) is 31.8 Å². The van der Waals surface area contributed by atoms with Crippen LogP contribution in [0.15, 0.2) is 90.0 Å². The van der Waals surface area contributed by atoms with E-state index in [0.29, 0.717) is 32.7 Å². The van der Waals surface area contributed by atoms with E-state index in [9.17, 15) is 9.59 Å². The molecule has 190 valence electrons. The Kier molecular flexibility index (Phi) is 7.53. The highest BCUT2D eigenvalue weighted by Gasteiger charge is 2.19. The van der Waals surface area contributed by atoms with Crippen LogP contribution in [0.25, 0.3) is 20.9 Å². The Bertz CT molecular complexity index is 1660. The van der Waals surface area contributed by atoms with Gasteiger partial charge in [0.2, 0.25) is 0 Å². The molecular weight excluding hydrogens is 524 g/mol. The number of esters is 1. The first-order valence-electron chi connectivity index (χ1n) is 11.5. The number of nitrogens with zero attached hydrogens (tertiary/aromatic N) is 1. The van der Waals surface area contributed by atoms with Gasteiger partial charge in [0.15, 0.2) is 6.61 Å². The fourth-order valence-corrected chi connectivity index (χ4v) is 5.11. The minimum atomic E-state index is -0.546. The van der Waals surface area contributed by atoms with E-state index in [2.05, 4.69) is 10.5 Å². The maximum absolute atomic E-state index is 12.7. The quantitative estimate of drug-likeness (QED) is 0.105. The standard InChI is InChI=1S/C29H21ClN2O5S/c1-35-22-12-13-24-25(15-22)38-28(27(24)30)29(34)37-21-9-6-18(7-10-21)16-31-32-26(33)17-36-23-11-8-19-4-2-3-5-20(19)14-23/h2-16H,17H2,1H3,(H,32,33)/b31-16+. The largest absolute Gasteiger partial charge is 0.497 e. The number of methoxy groups -OCH3 is 1. The van der Waals surface area contributed by atoms with E-state index < -0.39 is 11.9 Å². The molecule has 0 spiro atoms. The summed E-state index contributed by atoms with van der Waals surface area (Å²) in [4.78, 5) is 25.1. The number of benzene rings is 4. The first-order chi connectivity index (χ1) is 18.5. The van der Waals surface area contributed by atoms with Gasteiger partial charge < -0.3 is 14.2 Å². The van der Waals surface area contributed by atoms with Crippen LogP contribution in [-0.2, 0) is 4.79 Å². The van der Waals surface area contributed by atoms with Crippen LogP contribution >= 0.6 is 22.9 Å². The number of ether oxygens (including phenoxy) is 3. The molecule has 5 rings (SSSR count). The molecule has 0 atom stereocenters. The molecule has 0 bridgehead atoms. The Morgan fingerprint density at radius 3 is 2.45 bits per heavy atom. The molecule has 1 heterocycles. The summed E-state index contributed by atoms with van der Waals surface area (Å²) >= 11 is 7.65. The van der Waals surface area contributed by atoms with Gasteiger partial charge in [-0.3, -0.25) is 4.79 Å². The van der Waals surface area contributed by atoms with Crippen LogP contribution in [0.1, 0.15) is 15.2 Å². The molecule has 9 heteroatoms. The van der Waals surface area contributed by atoms with Crippen LogP contribution in [0, 0.1) is 0 Å². The zero-order valence-corrected chi connectivity index (χ0v) is 21.7. The first-order valence-corrected chi connectivity index (χ1v) is 12.7. The lowest BCUT2D eigenvalue weighted by Gasteiger charge is -2.06. The summed E-state index contributed by atoms with van der Waals surface area (Å²) in [6, 6.07) is 25.7. The van der Waals surface area contributed by atoms with E-state index in [1.54, 1.807) is 37.4 Å². The van der Waals surface area contributed by atoms with Crippen molar-refractivity contribution in [3.8, 4) is 17.2 Å². The van der Waals surface area contributed by atoms with Crippen molar-refractivity contribution in [3.63, 3.8) is 0 Å². The molecule has 5 aromatic rings. The summed E-state index contributed by atoms with van der Waals surface area (Å²) in [6.07, 6.45) is 1.48. The molecule has 38 heavy (non-hydrogen) atoms. The minimum Gasteiger partial charge on any atom is -0.497 e. The number of carbonyl (C=O) groups is 2. The number of carbonyl (C=O) groups excluding carboxylic acids is 2. The lowest BCUT2D eigenvalue weighted by atomic mass is 10.1. The van der Waals surface area contributed by atoms with Crippen molar-refractivity contribution in [3.05, 3.63) is 100 Å². The Morgan fingerprint density at radius 1 is 0.921 bits per heavy atom. The Balaban J connectivity index is 1.13. The van der Waals surface area contributed by atoms with Gasteiger partial charge in [-0.1, -0.05) is 41.9 Å². The van der Waals surface area contributed by atoms with Gasteiger partial charge in [-0.25, -0.2) is 10.2 Å². The third-order valence-electron chi connectivity index (χ3n) is 5.61. The van der Waals surface area contributed by atoms with Crippen LogP contribution in [0.4, 0.5) is 0 Å². The van der Waals surface area contributed by atoms with Crippen LogP contribution < -0.4 is 19.6 Å². The maximum Gasteiger partial charge on any atom is 0.355 e. The van der Waals surface area contributed by atoms with Crippen molar-refractivity contribution in [2.45, 2.75) is 0 Å². The molecule has 0 aliphatic rings. The van der Waals surface area contributed by atoms with Gasteiger partial charge in [-0.15, -0.1) is 11.3 Å². The zero-order valence-electron chi connectivity index (χ0n) is 20.1. The Morgan fingerprint density at radius 2 is 1.66 bits per heavy atom. The Hall–Kier alpha value is -4.40. The summed E-state index contributed by atoms with van der Waals surface area (Å²) in [5.74, 6) is 0.699. The third-order valence-corrected chi connectivity index (χ3v) is 7.24. The number of hydrogen-bond acceptors (Lipinski definition) is 7. The van der Waals surface area contributed by atoms with Gasteiger partial charge >= 0.3 is 5.97 Å². The van der Waals surface area contributed by atoms with E-state index in [-0.39, 0.29) is 6.61 Å². The molecule has 0 fully saturated rings. The van der Waals surface area contributed by atoms with E-state index in [0.717, 1.165) is 20.9 Å². The molecule has 7 nitrogen and oxygen atoms in total. The predicted octanol–water partition coefficient (Wildman–Crippen LogP) is 6.46. The number of fused-ring (bicyclic) bond motifs is 2.